The van der Waals surface area contributed by atoms with E-state index < -0.39 is 5.54 Å². The van der Waals surface area contributed by atoms with E-state index >= 15 is 0 Å². The smallest absolute Gasteiger partial charge is 0.240 e. The number of nitrogens with zero attached hydrogens (tertiary/aromatic N) is 5. The number of hydrogen-bond donors (Lipinski definition) is 3. The number of piperidine rings is 1. The van der Waals surface area contributed by atoms with Crippen LogP contribution in [0.2, 0.25) is 5.02 Å². The number of alkyl halides is 1. The van der Waals surface area contributed by atoms with Gasteiger partial charge in [-0.15, -0.1) is 0 Å². The summed E-state index contributed by atoms with van der Waals surface area (Å²) < 4.78 is 0.548. The third kappa shape index (κ3) is 6.25. The maximum Gasteiger partial charge on any atom is 0.240 e. The molecule has 3 aromatic rings. The van der Waals surface area contributed by atoms with Gasteiger partial charge in [0, 0.05) is 57.0 Å². The Kier molecular flexibility index (Phi) is 8.73. The minimum atomic E-state index is -0.923. The van der Waals surface area contributed by atoms with Crippen LogP contribution in [0.5, 0.6) is 0 Å². The summed E-state index contributed by atoms with van der Waals surface area (Å²) >= 11 is 8.64. The summed E-state index contributed by atoms with van der Waals surface area (Å²) in [6, 6.07) is 9.65. The Morgan fingerprint density at radius 3 is 2.53 bits per heavy atom. The molecular weight excluding hydrogens is 615 g/mol. The van der Waals surface area contributed by atoms with E-state index in [1.54, 1.807) is 6.33 Å². The predicted octanol–water partition coefficient (Wildman–Crippen LogP) is 3.56. The highest BCUT2D eigenvalue weighted by molar-refractivity contribution is 14.1. The highest BCUT2D eigenvalue weighted by Gasteiger charge is 2.39. The molecule has 204 valence electrons. The monoisotopic (exact) mass is 650 g/mol. The number of halogens is 2. The van der Waals surface area contributed by atoms with Gasteiger partial charge in [-0.1, -0.05) is 46.3 Å². The molecule has 1 amide bonds. The lowest BCUT2D eigenvalue weighted by Crippen LogP contribution is -2.60. The SMILES string of the molecule is CC(I)N1CCN(CC[C@H](NC(=O)C2(N)CCN(c3ncnc4[nH]ccc34)CC2)c2ccc(Cl)cc2)CC1. The molecule has 2 aliphatic rings. The summed E-state index contributed by atoms with van der Waals surface area (Å²) in [6.07, 6.45) is 5.37. The van der Waals surface area contributed by atoms with Gasteiger partial charge in [-0.3, -0.25) is 9.69 Å². The summed E-state index contributed by atoms with van der Waals surface area (Å²) in [5, 5.41) is 4.99. The van der Waals surface area contributed by atoms with Gasteiger partial charge in [0.05, 0.1) is 21.0 Å². The number of hydrogen-bond acceptors (Lipinski definition) is 7. The number of carbonyl (C=O) groups excluding carboxylic acids is 1. The molecule has 4 heterocycles. The largest absolute Gasteiger partial charge is 0.356 e. The van der Waals surface area contributed by atoms with Gasteiger partial charge in [-0.05, 0) is 49.9 Å². The summed E-state index contributed by atoms with van der Waals surface area (Å²) in [7, 11) is 0. The Hall–Kier alpha value is -1.99. The zero-order valence-electron chi connectivity index (χ0n) is 21.7. The van der Waals surface area contributed by atoms with Crippen LogP contribution in [0.15, 0.2) is 42.9 Å². The molecule has 2 aliphatic heterocycles. The summed E-state index contributed by atoms with van der Waals surface area (Å²) in [6.45, 7) is 8.72. The molecular formula is C27H36ClIN8O. The number of aromatic nitrogens is 3. The number of H-pyrrole nitrogens is 1. The minimum absolute atomic E-state index is 0.0878. The fraction of sp³-hybridized carbons (Fsp3) is 0.519. The van der Waals surface area contributed by atoms with Crippen molar-refractivity contribution < 1.29 is 4.79 Å². The van der Waals surface area contributed by atoms with Crippen molar-refractivity contribution in [2.75, 3.05) is 50.7 Å². The van der Waals surface area contributed by atoms with Crippen molar-refractivity contribution in [2.45, 2.75) is 41.8 Å². The highest BCUT2D eigenvalue weighted by atomic mass is 127. The topological polar surface area (TPSA) is 106 Å². The lowest BCUT2D eigenvalue weighted by molar-refractivity contribution is -0.128. The van der Waals surface area contributed by atoms with Gasteiger partial charge in [-0.25, -0.2) is 9.97 Å². The number of rotatable bonds is 8. The van der Waals surface area contributed by atoms with Crippen LogP contribution in [0, 0.1) is 0 Å². The normalized spacial score (nSPS) is 20.4. The molecule has 38 heavy (non-hydrogen) atoms. The van der Waals surface area contributed by atoms with Crippen LogP contribution in [0.4, 0.5) is 5.82 Å². The molecule has 1 unspecified atom stereocenters. The van der Waals surface area contributed by atoms with Crippen molar-refractivity contribution in [3.8, 4) is 0 Å². The summed E-state index contributed by atoms with van der Waals surface area (Å²) in [5.41, 5.74) is 7.70. The van der Waals surface area contributed by atoms with Crippen LogP contribution in [-0.2, 0) is 4.79 Å². The highest BCUT2D eigenvalue weighted by Crippen LogP contribution is 2.29. The second-order valence-electron chi connectivity index (χ2n) is 10.4. The molecule has 1 aromatic carbocycles. The lowest BCUT2D eigenvalue weighted by Gasteiger charge is -2.40. The first-order valence-corrected chi connectivity index (χ1v) is 14.9. The van der Waals surface area contributed by atoms with E-state index in [0.29, 0.717) is 35.0 Å². The second-order valence-corrected chi connectivity index (χ2v) is 12.6. The molecule has 2 aromatic heterocycles. The van der Waals surface area contributed by atoms with E-state index in [9.17, 15) is 4.79 Å². The van der Waals surface area contributed by atoms with E-state index in [0.717, 1.165) is 61.6 Å². The number of piperazine rings is 1. The Bertz CT molecular complexity index is 1220. The standard InChI is InChI=1S/C27H36ClIN8O/c1-19(29)36-16-14-35(15-17-36)11-7-23(20-2-4-21(28)5-3-20)34-26(38)27(30)8-12-37(13-9-27)25-22-6-10-31-24(22)32-18-33-25/h2-6,10,18-19,23H,7-9,11-17,30H2,1H3,(H,34,38)(H,31,32,33)/t19?,23-/m0/s1. The van der Waals surface area contributed by atoms with E-state index in [-0.39, 0.29) is 11.9 Å². The fourth-order valence-corrected chi connectivity index (χ4v) is 6.11. The molecule has 2 atom stereocenters. The van der Waals surface area contributed by atoms with E-state index in [4.69, 9.17) is 17.3 Å². The molecule has 0 spiro atoms. The number of aromatic amines is 1. The van der Waals surface area contributed by atoms with Crippen molar-refractivity contribution in [3.05, 3.63) is 53.4 Å². The van der Waals surface area contributed by atoms with Crippen molar-refractivity contribution in [1.29, 1.82) is 0 Å². The first-order chi connectivity index (χ1) is 18.3. The van der Waals surface area contributed by atoms with Crippen molar-refractivity contribution in [3.63, 3.8) is 0 Å². The number of anilines is 1. The first-order valence-electron chi connectivity index (χ1n) is 13.3. The fourth-order valence-electron chi connectivity index (χ4n) is 5.43. The average Bonchev–Trinajstić information content (AvgIpc) is 3.41. The predicted molar refractivity (Wildman–Crippen MR) is 161 cm³/mol. The molecule has 2 fully saturated rings. The Morgan fingerprint density at radius 1 is 1.13 bits per heavy atom. The third-order valence-electron chi connectivity index (χ3n) is 7.96. The van der Waals surface area contributed by atoms with Crippen LogP contribution >= 0.6 is 34.2 Å². The average molecular weight is 651 g/mol. The molecule has 0 saturated carbocycles. The van der Waals surface area contributed by atoms with Crippen LogP contribution in [-0.4, -0.2) is 86.1 Å². The number of nitrogens with one attached hydrogen (secondary N) is 2. The van der Waals surface area contributed by atoms with Gasteiger partial charge >= 0.3 is 0 Å². The Labute approximate surface area is 242 Å². The van der Waals surface area contributed by atoms with Gasteiger partial charge in [0.2, 0.25) is 5.91 Å². The van der Waals surface area contributed by atoms with Crippen molar-refractivity contribution >= 4 is 57.0 Å². The van der Waals surface area contributed by atoms with Crippen molar-refractivity contribution in [1.82, 2.24) is 30.1 Å². The minimum Gasteiger partial charge on any atom is -0.356 e. The van der Waals surface area contributed by atoms with Gasteiger partial charge < -0.3 is 25.8 Å². The Balaban J connectivity index is 1.22. The molecule has 0 radical (unpaired) electrons. The molecule has 0 aliphatic carbocycles. The Morgan fingerprint density at radius 2 is 1.84 bits per heavy atom. The second kappa shape index (κ2) is 12.0. The molecule has 0 bridgehead atoms. The number of nitrogens with two attached hydrogens (primary N) is 1. The molecule has 11 heteroatoms. The quantitative estimate of drug-likeness (QED) is 0.195. The number of benzene rings is 1. The van der Waals surface area contributed by atoms with Crippen LogP contribution in [0.1, 0.15) is 37.8 Å². The van der Waals surface area contributed by atoms with E-state index in [1.165, 1.54) is 0 Å². The van der Waals surface area contributed by atoms with Crippen LogP contribution in [0.25, 0.3) is 11.0 Å². The number of amides is 1. The van der Waals surface area contributed by atoms with Crippen LogP contribution in [0.3, 0.4) is 0 Å². The molecule has 5 rings (SSSR count). The maximum absolute atomic E-state index is 13.6. The van der Waals surface area contributed by atoms with E-state index in [2.05, 4.69) is 64.5 Å². The molecule has 2 saturated heterocycles. The third-order valence-corrected chi connectivity index (χ3v) is 9.00. The molecule has 9 nitrogen and oxygen atoms in total. The summed E-state index contributed by atoms with van der Waals surface area (Å²) in [5.74, 6) is 0.796. The molecule has 4 N–H and O–H groups in total. The first kappa shape index (κ1) is 27.6. The number of fused-ring (bicyclic) bond motifs is 1. The zero-order valence-corrected chi connectivity index (χ0v) is 24.7. The zero-order chi connectivity index (χ0) is 26.7. The van der Waals surface area contributed by atoms with Gasteiger partial charge in [0.15, 0.2) is 0 Å². The lowest BCUT2D eigenvalue weighted by atomic mass is 9.87. The van der Waals surface area contributed by atoms with Crippen LogP contribution < -0.4 is 16.0 Å². The summed E-state index contributed by atoms with van der Waals surface area (Å²) in [4.78, 5) is 32.7. The van der Waals surface area contributed by atoms with Gasteiger partial charge in [-0.2, -0.15) is 0 Å². The van der Waals surface area contributed by atoms with Gasteiger partial charge in [0.1, 0.15) is 17.8 Å². The number of carbonyl (C=O) groups is 1. The van der Waals surface area contributed by atoms with E-state index in [1.807, 2.05) is 36.5 Å². The van der Waals surface area contributed by atoms with Crippen molar-refractivity contribution in [2.24, 2.45) is 5.73 Å². The maximum atomic E-state index is 13.6. The van der Waals surface area contributed by atoms with Gasteiger partial charge in [0.25, 0.3) is 0 Å².